The molecule has 174 valence electrons. The van der Waals surface area contributed by atoms with E-state index in [1.165, 1.54) is 5.56 Å². The normalized spacial score (nSPS) is 15.7. The zero-order chi connectivity index (χ0) is 23.7. The van der Waals surface area contributed by atoms with Crippen LogP contribution in [-0.4, -0.2) is 49.5 Å². The van der Waals surface area contributed by atoms with E-state index >= 15 is 0 Å². The predicted molar refractivity (Wildman–Crippen MR) is 134 cm³/mol. The zero-order valence-corrected chi connectivity index (χ0v) is 19.8. The van der Waals surface area contributed by atoms with Crippen molar-refractivity contribution in [2.45, 2.75) is 13.5 Å². The highest BCUT2D eigenvalue weighted by Gasteiger charge is 2.28. The molecule has 2 heterocycles. The number of piperazine rings is 1. The highest BCUT2D eigenvalue weighted by Crippen LogP contribution is 2.34. The van der Waals surface area contributed by atoms with Crippen LogP contribution in [0.25, 0.3) is 0 Å². The summed E-state index contributed by atoms with van der Waals surface area (Å²) in [5.74, 6) is 0.462. The molecular weight excluding hydrogens is 450 g/mol. The van der Waals surface area contributed by atoms with Crippen LogP contribution in [0.3, 0.4) is 0 Å². The molecule has 0 radical (unpaired) electrons. The average Bonchev–Trinajstić information content (AvgIpc) is 2.86. The van der Waals surface area contributed by atoms with Gasteiger partial charge in [-0.25, -0.2) is 0 Å². The third kappa shape index (κ3) is 4.59. The summed E-state index contributed by atoms with van der Waals surface area (Å²) in [6.07, 6.45) is 0. The maximum atomic E-state index is 13.3. The number of halogens is 1. The van der Waals surface area contributed by atoms with Crippen LogP contribution >= 0.6 is 11.6 Å². The number of fused-ring (bicyclic) bond motifs is 1. The number of hydrogen-bond acceptors (Lipinski definition) is 4. The molecule has 6 nitrogen and oxygen atoms in total. The van der Waals surface area contributed by atoms with Gasteiger partial charge in [0.2, 0.25) is 0 Å². The second kappa shape index (κ2) is 9.39. The van der Waals surface area contributed by atoms with E-state index < -0.39 is 0 Å². The molecule has 3 aromatic carbocycles. The Labute approximate surface area is 204 Å². The topological polar surface area (TPSA) is 53.1 Å². The highest BCUT2D eigenvalue weighted by atomic mass is 35.5. The lowest BCUT2D eigenvalue weighted by Gasteiger charge is -2.36. The van der Waals surface area contributed by atoms with Crippen molar-refractivity contribution >= 4 is 34.8 Å². The fourth-order valence-electron chi connectivity index (χ4n) is 4.41. The number of hydrogen-bond donors (Lipinski definition) is 0. The lowest BCUT2D eigenvalue weighted by atomic mass is 10.1. The van der Waals surface area contributed by atoms with Crippen molar-refractivity contribution in [2.24, 2.45) is 0 Å². The highest BCUT2D eigenvalue weighted by molar-refractivity contribution is 6.30. The monoisotopic (exact) mass is 475 g/mol. The lowest BCUT2D eigenvalue weighted by Crippen LogP contribution is -2.48. The number of carbonyl (C=O) groups is 2. The summed E-state index contributed by atoms with van der Waals surface area (Å²) in [5, 5.41) is 0.706. The molecule has 0 bridgehead atoms. The van der Waals surface area contributed by atoms with Gasteiger partial charge in [0.25, 0.3) is 11.8 Å². The zero-order valence-electron chi connectivity index (χ0n) is 19.0. The standard InChI is InChI=1S/C27H26ClN3O3/c1-19-5-7-20(8-6-19)17-31-24-15-21(9-10-25(24)34-18-26(31)32)27(33)30-13-11-29(12-14-30)23-4-2-3-22(28)16-23/h2-10,15-16H,11-14,17-18H2,1H3. The minimum absolute atomic E-state index is 0.00236. The summed E-state index contributed by atoms with van der Waals surface area (Å²) in [6, 6.07) is 21.2. The van der Waals surface area contributed by atoms with Gasteiger partial charge >= 0.3 is 0 Å². The van der Waals surface area contributed by atoms with E-state index in [0.29, 0.717) is 41.7 Å². The van der Waals surface area contributed by atoms with E-state index in [1.54, 1.807) is 23.1 Å². The third-order valence-electron chi connectivity index (χ3n) is 6.35. The minimum Gasteiger partial charge on any atom is -0.482 e. The van der Waals surface area contributed by atoms with Crippen molar-refractivity contribution in [3.63, 3.8) is 0 Å². The molecule has 1 saturated heterocycles. The second-order valence-corrected chi connectivity index (χ2v) is 9.13. The van der Waals surface area contributed by atoms with E-state index in [-0.39, 0.29) is 18.4 Å². The van der Waals surface area contributed by atoms with Crippen molar-refractivity contribution < 1.29 is 14.3 Å². The summed E-state index contributed by atoms with van der Waals surface area (Å²) < 4.78 is 5.64. The van der Waals surface area contributed by atoms with Gasteiger partial charge < -0.3 is 19.4 Å². The quantitative estimate of drug-likeness (QED) is 0.556. The number of aryl methyl sites for hydroxylation is 1. The third-order valence-corrected chi connectivity index (χ3v) is 6.59. The van der Waals surface area contributed by atoms with Crippen LogP contribution in [-0.2, 0) is 11.3 Å². The van der Waals surface area contributed by atoms with Crippen molar-refractivity contribution in [3.8, 4) is 5.75 Å². The Morgan fingerprint density at radius 2 is 1.74 bits per heavy atom. The van der Waals surface area contributed by atoms with E-state index in [4.69, 9.17) is 16.3 Å². The first-order chi connectivity index (χ1) is 16.5. The Kier molecular flexibility index (Phi) is 6.16. The van der Waals surface area contributed by atoms with E-state index in [1.807, 2.05) is 60.4 Å². The van der Waals surface area contributed by atoms with Crippen LogP contribution in [0.1, 0.15) is 21.5 Å². The molecule has 0 spiro atoms. The molecular formula is C27H26ClN3O3. The average molecular weight is 476 g/mol. The molecule has 7 heteroatoms. The first kappa shape index (κ1) is 22.3. The molecule has 3 aromatic rings. The molecule has 0 aliphatic carbocycles. The van der Waals surface area contributed by atoms with Crippen LogP contribution in [0, 0.1) is 6.92 Å². The maximum Gasteiger partial charge on any atom is 0.265 e. The Morgan fingerprint density at radius 3 is 2.47 bits per heavy atom. The Hall–Kier alpha value is -3.51. The molecule has 0 unspecified atom stereocenters. The summed E-state index contributed by atoms with van der Waals surface area (Å²) in [7, 11) is 0. The van der Waals surface area contributed by atoms with Crippen molar-refractivity contribution in [3.05, 3.63) is 88.4 Å². The summed E-state index contributed by atoms with van der Waals surface area (Å²) in [5.41, 5.74) is 4.46. The fourth-order valence-corrected chi connectivity index (χ4v) is 4.59. The van der Waals surface area contributed by atoms with Crippen LogP contribution in [0.15, 0.2) is 66.7 Å². The summed E-state index contributed by atoms with van der Waals surface area (Å²) >= 11 is 6.13. The molecule has 2 aliphatic rings. The van der Waals surface area contributed by atoms with Gasteiger partial charge in [-0.2, -0.15) is 0 Å². The molecule has 2 amide bonds. The molecule has 2 aliphatic heterocycles. The number of nitrogens with zero attached hydrogens (tertiary/aromatic N) is 3. The molecule has 0 N–H and O–H groups in total. The molecule has 0 saturated carbocycles. The summed E-state index contributed by atoms with van der Waals surface area (Å²) in [4.78, 5) is 31.8. The van der Waals surface area contributed by atoms with Crippen molar-refractivity contribution in [2.75, 3.05) is 42.6 Å². The van der Waals surface area contributed by atoms with Gasteiger partial charge in [0.15, 0.2) is 6.61 Å². The number of benzene rings is 3. The molecule has 34 heavy (non-hydrogen) atoms. The molecule has 0 aromatic heterocycles. The van der Waals surface area contributed by atoms with Gasteiger partial charge in [-0.15, -0.1) is 0 Å². The SMILES string of the molecule is Cc1ccc(CN2C(=O)COc3ccc(C(=O)N4CCN(c5cccc(Cl)c5)CC4)cc32)cc1. The number of amides is 2. The number of ether oxygens (including phenoxy) is 1. The van der Waals surface area contributed by atoms with Crippen LogP contribution in [0.2, 0.25) is 5.02 Å². The number of anilines is 2. The lowest BCUT2D eigenvalue weighted by molar-refractivity contribution is -0.121. The van der Waals surface area contributed by atoms with Crippen LogP contribution < -0.4 is 14.5 Å². The Morgan fingerprint density at radius 1 is 0.971 bits per heavy atom. The first-order valence-electron chi connectivity index (χ1n) is 11.4. The molecule has 0 atom stereocenters. The van der Waals surface area contributed by atoms with Gasteiger partial charge in [0, 0.05) is 42.5 Å². The molecule has 1 fully saturated rings. The Bertz CT molecular complexity index is 1220. The Balaban J connectivity index is 1.32. The van der Waals surface area contributed by atoms with Crippen molar-refractivity contribution in [1.82, 2.24) is 4.90 Å². The van der Waals surface area contributed by atoms with Gasteiger partial charge in [-0.1, -0.05) is 47.5 Å². The van der Waals surface area contributed by atoms with Gasteiger partial charge in [0.05, 0.1) is 12.2 Å². The number of rotatable bonds is 4. The van der Waals surface area contributed by atoms with Crippen LogP contribution in [0.5, 0.6) is 5.75 Å². The van der Waals surface area contributed by atoms with Gasteiger partial charge in [0.1, 0.15) is 5.75 Å². The fraction of sp³-hybridized carbons (Fsp3) is 0.259. The largest absolute Gasteiger partial charge is 0.482 e. The van der Waals surface area contributed by atoms with E-state index in [9.17, 15) is 9.59 Å². The first-order valence-corrected chi connectivity index (χ1v) is 11.8. The smallest absolute Gasteiger partial charge is 0.265 e. The van der Waals surface area contributed by atoms with E-state index in [2.05, 4.69) is 4.90 Å². The number of carbonyl (C=O) groups excluding carboxylic acids is 2. The predicted octanol–water partition coefficient (Wildman–Crippen LogP) is 4.54. The van der Waals surface area contributed by atoms with E-state index in [0.717, 1.165) is 24.3 Å². The summed E-state index contributed by atoms with van der Waals surface area (Å²) in [6.45, 7) is 5.17. The van der Waals surface area contributed by atoms with Gasteiger partial charge in [-0.3, -0.25) is 9.59 Å². The van der Waals surface area contributed by atoms with Gasteiger partial charge in [-0.05, 0) is 48.9 Å². The maximum absolute atomic E-state index is 13.3. The molecule has 5 rings (SSSR count). The second-order valence-electron chi connectivity index (χ2n) is 8.70. The van der Waals surface area contributed by atoms with Crippen molar-refractivity contribution in [1.29, 1.82) is 0 Å². The minimum atomic E-state index is -0.118. The van der Waals surface area contributed by atoms with Crippen LogP contribution in [0.4, 0.5) is 11.4 Å².